The molecule has 1 amide bonds. The topological polar surface area (TPSA) is 80.3 Å². The fourth-order valence-corrected chi connectivity index (χ4v) is 4.72. The van der Waals surface area contributed by atoms with Crippen LogP contribution >= 0.6 is 0 Å². The second kappa shape index (κ2) is 6.64. The fourth-order valence-electron chi connectivity index (χ4n) is 4.72. The van der Waals surface area contributed by atoms with Gasteiger partial charge in [-0.05, 0) is 43.2 Å². The van der Waals surface area contributed by atoms with E-state index in [9.17, 15) is 4.79 Å². The van der Waals surface area contributed by atoms with E-state index in [4.69, 9.17) is 9.47 Å². The largest absolute Gasteiger partial charge is 0.472 e. The van der Waals surface area contributed by atoms with Crippen LogP contribution in [0.25, 0.3) is 11.0 Å². The Balaban J connectivity index is 1.44. The van der Waals surface area contributed by atoms with E-state index < -0.39 is 0 Å². The van der Waals surface area contributed by atoms with Gasteiger partial charge in [0.25, 0.3) is 0 Å². The molecule has 2 bridgehead atoms. The molecule has 3 aliphatic heterocycles. The van der Waals surface area contributed by atoms with Crippen molar-refractivity contribution in [2.45, 2.75) is 43.7 Å². The van der Waals surface area contributed by atoms with Gasteiger partial charge in [0.15, 0.2) is 0 Å². The quantitative estimate of drug-likeness (QED) is 0.839. The summed E-state index contributed by atoms with van der Waals surface area (Å²) in [5, 5.41) is 0.979. The molecule has 1 unspecified atom stereocenters. The first kappa shape index (κ1) is 16.7. The van der Waals surface area contributed by atoms with E-state index in [-0.39, 0.29) is 12.0 Å². The third kappa shape index (κ3) is 2.81. The Labute approximate surface area is 157 Å². The summed E-state index contributed by atoms with van der Waals surface area (Å²) < 4.78 is 11.9. The average molecular weight is 368 g/mol. The molecule has 1 N–H and O–H groups in total. The minimum atomic E-state index is -0.0329. The van der Waals surface area contributed by atoms with Crippen LogP contribution in [0, 0.1) is 5.92 Å². The fraction of sp³-hybridized carbons (Fsp3) is 0.550. The minimum absolute atomic E-state index is 0.0101. The van der Waals surface area contributed by atoms with Crippen molar-refractivity contribution in [3.05, 3.63) is 30.7 Å². The number of nitrogens with one attached hydrogen (secondary N) is 1. The number of ether oxygens (including phenoxy) is 2. The maximum absolute atomic E-state index is 12.1. The van der Waals surface area contributed by atoms with Gasteiger partial charge in [-0.2, -0.15) is 0 Å². The summed E-state index contributed by atoms with van der Waals surface area (Å²) >= 11 is 0. The number of hydrogen-bond donors (Lipinski definition) is 1. The number of amides is 1. The molecule has 27 heavy (non-hydrogen) atoms. The van der Waals surface area contributed by atoms with Crippen molar-refractivity contribution < 1.29 is 14.3 Å². The maximum Gasteiger partial charge on any atom is 0.246 e. The van der Waals surface area contributed by atoms with Crippen molar-refractivity contribution in [2.75, 3.05) is 19.8 Å². The van der Waals surface area contributed by atoms with Crippen LogP contribution in [0.2, 0.25) is 0 Å². The second-order valence-electron chi connectivity index (χ2n) is 7.77. The Morgan fingerprint density at radius 1 is 1.33 bits per heavy atom. The summed E-state index contributed by atoms with van der Waals surface area (Å²) in [5.74, 6) is 1.53. The Morgan fingerprint density at radius 3 is 2.93 bits per heavy atom. The van der Waals surface area contributed by atoms with Crippen molar-refractivity contribution in [3.8, 4) is 5.88 Å². The van der Waals surface area contributed by atoms with Gasteiger partial charge < -0.3 is 19.4 Å². The Kier molecular flexibility index (Phi) is 4.11. The highest BCUT2D eigenvalue weighted by Gasteiger charge is 2.47. The summed E-state index contributed by atoms with van der Waals surface area (Å²) in [6.45, 7) is 5.79. The molecule has 4 fully saturated rings. The summed E-state index contributed by atoms with van der Waals surface area (Å²) in [6.07, 6.45) is 8.93. The van der Waals surface area contributed by atoms with E-state index >= 15 is 0 Å². The third-order valence-corrected chi connectivity index (χ3v) is 6.34. The minimum Gasteiger partial charge on any atom is -0.472 e. The summed E-state index contributed by atoms with van der Waals surface area (Å²) in [7, 11) is 0. The van der Waals surface area contributed by atoms with Crippen molar-refractivity contribution in [1.29, 1.82) is 0 Å². The predicted octanol–water partition coefficient (Wildman–Crippen LogP) is 2.41. The Morgan fingerprint density at radius 2 is 2.15 bits per heavy atom. The maximum atomic E-state index is 12.1. The standard InChI is InChI=1S/C20H24N4O3/c1-2-17(25)24-10-16(13-7-14(24)8-13)27-20-18-15(12-3-5-26-6-4-12)9-21-19(18)22-11-23-20/h2,9,11-14,16H,1,3-8,10H2,(H,21,22,23). The number of piperidine rings is 2. The summed E-state index contributed by atoms with van der Waals surface area (Å²) in [6, 6.07) is 0.343. The molecule has 4 aliphatic rings. The molecule has 2 aromatic rings. The van der Waals surface area contributed by atoms with Gasteiger partial charge in [0.1, 0.15) is 18.1 Å². The molecule has 1 saturated carbocycles. The van der Waals surface area contributed by atoms with Crippen molar-refractivity contribution in [1.82, 2.24) is 19.9 Å². The number of aromatic amines is 1. The monoisotopic (exact) mass is 368 g/mol. The third-order valence-electron chi connectivity index (χ3n) is 6.34. The van der Waals surface area contributed by atoms with E-state index in [1.165, 1.54) is 11.6 Å². The molecule has 7 heteroatoms. The predicted molar refractivity (Wildman–Crippen MR) is 99.5 cm³/mol. The molecule has 0 spiro atoms. The SMILES string of the molecule is C=CC(=O)N1CC(Oc2ncnc3[nH]cc(C4CCOCC4)c23)C2CC1C2. The van der Waals surface area contributed by atoms with E-state index in [0.29, 0.717) is 30.3 Å². The first-order valence-electron chi connectivity index (χ1n) is 9.74. The van der Waals surface area contributed by atoms with Crippen molar-refractivity contribution >= 4 is 16.9 Å². The molecule has 5 heterocycles. The van der Waals surface area contributed by atoms with Gasteiger partial charge in [0.2, 0.25) is 11.8 Å². The van der Waals surface area contributed by atoms with Gasteiger partial charge in [-0.1, -0.05) is 6.58 Å². The summed E-state index contributed by atoms with van der Waals surface area (Å²) in [5.41, 5.74) is 2.02. The number of hydrogen-bond acceptors (Lipinski definition) is 5. The normalized spacial score (nSPS) is 28.0. The van der Waals surface area contributed by atoms with Gasteiger partial charge in [-0.3, -0.25) is 4.79 Å². The molecule has 6 rings (SSSR count). The molecule has 3 saturated heterocycles. The molecule has 1 aliphatic carbocycles. The number of nitrogens with zero attached hydrogens (tertiary/aromatic N) is 3. The van der Waals surface area contributed by atoms with E-state index in [1.54, 1.807) is 6.33 Å². The van der Waals surface area contributed by atoms with E-state index in [1.807, 2.05) is 11.1 Å². The molecular weight excluding hydrogens is 344 g/mol. The summed E-state index contributed by atoms with van der Waals surface area (Å²) in [4.78, 5) is 26.1. The van der Waals surface area contributed by atoms with Crippen LogP contribution in [-0.4, -0.2) is 57.7 Å². The number of fused-ring (bicyclic) bond motifs is 3. The first-order valence-corrected chi connectivity index (χ1v) is 9.74. The van der Waals surface area contributed by atoms with Crippen LogP contribution in [0.1, 0.15) is 37.2 Å². The number of rotatable bonds is 4. The lowest BCUT2D eigenvalue weighted by Gasteiger charge is -2.52. The lowest BCUT2D eigenvalue weighted by Crippen LogP contribution is -2.61. The first-order chi connectivity index (χ1) is 13.2. The number of carbonyl (C=O) groups is 1. The second-order valence-corrected chi connectivity index (χ2v) is 7.77. The van der Waals surface area contributed by atoms with Crippen molar-refractivity contribution in [3.63, 3.8) is 0 Å². The van der Waals surface area contributed by atoms with Crippen molar-refractivity contribution in [2.24, 2.45) is 5.92 Å². The highest BCUT2D eigenvalue weighted by molar-refractivity contribution is 5.87. The zero-order chi connectivity index (χ0) is 18.4. The Bertz CT molecular complexity index is 867. The molecule has 142 valence electrons. The highest BCUT2D eigenvalue weighted by Crippen LogP contribution is 2.42. The van der Waals surface area contributed by atoms with Crippen LogP contribution < -0.4 is 4.74 Å². The van der Waals surface area contributed by atoms with Gasteiger partial charge >= 0.3 is 0 Å². The number of aromatic nitrogens is 3. The van der Waals surface area contributed by atoms with Crippen LogP contribution in [0.15, 0.2) is 25.2 Å². The van der Waals surface area contributed by atoms with E-state index in [0.717, 1.165) is 49.9 Å². The molecule has 0 aromatic carbocycles. The zero-order valence-corrected chi connectivity index (χ0v) is 15.3. The van der Waals surface area contributed by atoms with Gasteiger partial charge in [0, 0.05) is 31.4 Å². The van der Waals surface area contributed by atoms with Gasteiger partial charge in [-0.25, -0.2) is 9.97 Å². The average Bonchev–Trinajstić information content (AvgIpc) is 3.12. The van der Waals surface area contributed by atoms with Gasteiger partial charge in [0.05, 0.1) is 11.9 Å². The molecule has 0 radical (unpaired) electrons. The lowest BCUT2D eigenvalue weighted by molar-refractivity contribution is -0.143. The van der Waals surface area contributed by atoms with E-state index in [2.05, 4.69) is 21.5 Å². The molecule has 2 aromatic heterocycles. The van der Waals surface area contributed by atoms with Crippen LogP contribution in [0.5, 0.6) is 5.88 Å². The lowest BCUT2D eigenvalue weighted by atomic mass is 9.71. The number of H-pyrrole nitrogens is 1. The Hall–Kier alpha value is -2.41. The number of carbonyl (C=O) groups excluding carboxylic acids is 1. The molecular formula is C20H24N4O3. The smallest absolute Gasteiger partial charge is 0.246 e. The highest BCUT2D eigenvalue weighted by atomic mass is 16.5. The van der Waals surface area contributed by atoms with Crippen LogP contribution in [0.3, 0.4) is 0 Å². The van der Waals surface area contributed by atoms with Crippen LogP contribution in [0.4, 0.5) is 0 Å². The molecule has 1 atom stereocenters. The zero-order valence-electron chi connectivity index (χ0n) is 15.3. The van der Waals surface area contributed by atoms with Crippen LogP contribution in [-0.2, 0) is 9.53 Å². The van der Waals surface area contributed by atoms with Gasteiger partial charge in [-0.15, -0.1) is 0 Å². The molecule has 7 nitrogen and oxygen atoms in total.